The molecule has 2 aromatic rings. The molecule has 0 amide bonds. The van der Waals surface area contributed by atoms with Gasteiger partial charge in [0.05, 0.1) is 4.90 Å². The number of carboxylic acids is 1. The molecule has 0 aliphatic rings. The number of anilines is 1. The molecule has 0 saturated heterocycles. The van der Waals surface area contributed by atoms with Crippen molar-refractivity contribution in [2.75, 3.05) is 5.73 Å². The van der Waals surface area contributed by atoms with Crippen molar-refractivity contribution in [2.45, 2.75) is 17.4 Å². The molecule has 0 heterocycles. The first-order valence-electron chi connectivity index (χ1n) is 6.53. The lowest BCUT2D eigenvalue weighted by molar-refractivity contribution is -0.138. The van der Waals surface area contributed by atoms with Crippen LogP contribution in [0.5, 0.6) is 0 Å². The Morgan fingerprint density at radius 1 is 1.14 bits per heavy atom. The summed E-state index contributed by atoms with van der Waals surface area (Å²) in [6.45, 7) is 0. The quantitative estimate of drug-likeness (QED) is 0.694. The van der Waals surface area contributed by atoms with E-state index in [0.29, 0.717) is 0 Å². The minimum atomic E-state index is -3.96. The van der Waals surface area contributed by atoms with Gasteiger partial charge < -0.3 is 10.8 Å². The number of carbonyl (C=O) groups is 1. The summed E-state index contributed by atoms with van der Waals surface area (Å²) in [5, 5.41) is 9.25. The fraction of sp³-hybridized carbons (Fsp3) is 0.133. The standard InChI is InChI=1S/C15H16N2O4S/c16-12-7-4-8-13(10-12)22(20,21)17-14(15(18)19)9-11-5-2-1-3-6-11/h1-8,10,14,17H,9,16H2,(H,18,19)/t14-/m0/s1. The number of rotatable bonds is 6. The molecule has 0 unspecified atom stereocenters. The Morgan fingerprint density at radius 2 is 1.82 bits per heavy atom. The summed E-state index contributed by atoms with van der Waals surface area (Å²) in [5.41, 5.74) is 6.58. The highest BCUT2D eigenvalue weighted by Crippen LogP contribution is 2.14. The Bertz CT molecular complexity index is 760. The molecule has 1 atom stereocenters. The number of aliphatic carboxylic acids is 1. The molecule has 22 heavy (non-hydrogen) atoms. The van der Waals surface area contributed by atoms with Gasteiger partial charge in [0.1, 0.15) is 6.04 Å². The van der Waals surface area contributed by atoms with E-state index in [1.807, 2.05) is 0 Å². The molecule has 0 aliphatic carbocycles. The SMILES string of the molecule is Nc1cccc(S(=O)(=O)N[C@@H](Cc2ccccc2)C(=O)O)c1. The highest BCUT2D eigenvalue weighted by atomic mass is 32.2. The van der Waals surface area contributed by atoms with Crippen LogP contribution in [0.25, 0.3) is 0 Å². The monoisotopic (exact) mass is 320 g/mol. The number of hydrogen-bond acceptors (Lipinski definition) is 4. The van der Waals surface area contributed by atoms with Crippen LogP contribution >= 0.6 is 0 Å². The summed E-state index contributed by atoms with van der Waals surface area (Å²) < 4.78 is 26.7. The van der Waals surface area contributed by atoms with E-state index in [4.69, 9.17) is 5.73 Å². The highest BCUT2D eigenvalue weighted by molar-refractivity contribution is 7.89. The third-order valence-electron chi connectivity index (χ3n) is 3.05. The Kier molecular flexibility index (Phi) is 4.79. The second-order valence-corrected chi connectivity index (χ2v) is 6.49. The number of sulfonamides is 1. The summed E-state index contributed by atoms with van der Waals surface area (Å²) in [6.07, 6.45) is 0.0533. The van der Waals surface area contributed by atoms with Gasteiger partial charge in [-0.15, -0.1) is 0 Å². The fourth-order valence-electron chi connectivity index (χ4n) is 1.97. The molecule has 0 fully saturated rings. The summed E-state index contributed by atoms with van der Waals surface area (Å²) in [5.74, 6) is -1.24. The van der Waals surface area contributed by atoms with Crippen molar-refractivity contribution in [3.8, 4) is 0 Å². The van der Waals surface area contributed by atoms with Crippen molar-refractivity contribution < 1.29 is 18.3 Å². The van der Waals surface area contributed by atoms with Gasteiger partial charge in [0.15, 0.2) is 0 Å². The van der Waals surface area contributed by atoms with Crippen LogP contribution in [0, 0.1) is 0 Å². The Labute approximate surface area is 128 Å². The van der Waals surface area contributed by atoms with Gasteiger partial charge in [0.2, 0.25) is 10.0 Å². The lowest BCUT2D eigenvalue weighted by Crippen LogP contribution is -2.42. The van der Waals surface area contributed by atoms with Gasteiger partial charge >= 0.3 is 5.97 Å². The van der Waals surface area contributed by atoms with E-state index in [9.17, 15) is 18.3 Å². The van der Waals surface area contributed by atoms with Crippen molar-refractivity contribution in [1.82, 2.24) is 4.72 Å². The smallest absolute Gasteiger partial charge is 0.322 e. The van der Waals surface area contributed by atoms with Crippen LogP contribution in [0.2, 0.25) is 0 Å². The zero-order valence-electron chi connectivity index (χ0n) is 11.6. The van der Waals surface area contributed by atoms with Gasteiger partial charge in [-0.05, 0) is 30.2 Å². The highest BCUT2D eigenvalue weighted by Gasteiger charge is 2.25. The normalized spacial score (nSPS) is 12.7. The van der Waals surface area contributed by atoms with Gasteiger partial charge in [0.25, 0.3) is 0 Å². The molecule has 6 nitrogen and oxygen atoms in total. The predicted octanol–water partition coefficient (Wildman–Crippen LogP) is 1.24. The minimum absolute atomic E-state index is 0.0533. The maximum Gasteiger partial charge on any atom is 0.322 e. The van der Waals surface area contributed by atoms with Crippen molar-refractivity contribution in [3.63, 3.8) is 0 Å². The van der Waals surface area contributed by atoms with E-state index in [-0.39, 0.29) is 17.0 Å². The van der Waals surface area contributed by atoms with Gasteiger partial charge in [-0.25, -0.2) is 8.42 Å². The van der Waals surface area contributed by atoms with E-state index < -0.39 is 22.0 Å². The molecular weight excluding hydrogens is 304 g/mol. The van der Waals surface area contributed by atoms with Gasteiger partial charge in [-0.1, -0.05) is 36.4 Å². The summed E-state index contributed by atoms with van der Waals surface area (Å²) in [7, 11) is -3.96. The number of nitrogens with one attached hydrogen (secondary N) is 1. The van der Waals surface area contributed by atoms with Crippen molar-refractivity contribution in [2.24, 2.45) is 0 Å². The van der Waals surface area contributed by atoms with E-state index in [1.165, 1.54) is 18.2 Å². The van der Waals surface area contributed by atoms with E-state index in [0.717, 1.165) is 5.56 Å². The Morgan fingerprint density at radius 3 is 2.41 bits per heavy atom. The van der Waals surface area contributed by atoms with Crippen LogP contribution in [0.15, 0.2) is 59.5 Å². The van der Waals surface area contributed by atoms with Crippen molar-refractivity contribution >= 4 is 21.7 Å². The van der Waals surface area contributed by atoms with Gasteiger partial charge in [-0.2, -0.15) is 4.72 Å². The third-order valence-corrected chi connectivity index (χ3v) is 4.52. The van der Waals surface area contributed by atoms with Crippen LogP contribution in [0.3, 0.4) is 0 Å². The summed E-state index contributed by atoms with van der Waals surface area (Å²) >= 11 is 0. The Hall–Kier alpha value is -2.38. The lowest BCUT2D eigenvalue weighted by atomic mass is 10.1. The first-order valence-corrected chi connectivity index (χ1v) is 8.01. The summed E-state index contributed by atoms with van der Waals surface area (Å²) in [6, 6.07) is 13.2. The molecule has 0 aliphatic heterocycles. The van der Waals surface area contributed by atoms with Crippen LogP contribution in [0.4, 0.5) is 5.69 Å². The number of nitrogen functional groups attached to an aromatic ring is 1. The van der Waals surface area contributed by atoms with Gasteiger partial charge in [-0.3, -0.25) is 4.79 Å². The second-order valence-electron chi connectivity index (χ2n) is 4.77. The molecule has 4 N–H and O–H groups in total. The molecule has 7 heteroatoms. The molecule has 0 aromatic heterocycles. The second kappa shape index (κ2) is 6.59. The van der Waals surface area contributed by atoms with Gasteiger partial charge in [0, 0.05) is 5.69 Å². The van der Waals surface area contributed by atoms with Crippen molar-refractivity contribution in [3.05, 3.63) is 60.2 Å². The zero-order chi connectivity index (χ0) is 16.2. The Balaban J connectivity index is 2.22. The maximum absolute atomic E-state index is 12.3. The lowest BCUT2D eigenvalue weighted by Gasteiger charge is -2.15. The van der Waals surface area contributed by atoms with Crippen LogP contribution in [0.1, 0.15) is 5.56 Å². The van der Waals surface area contributed by atoms with E-state index in [1.54, 1.807) is 36.4 Å². The average molecular weight is 320 g/mol. The van der Waals surface area contributed by atoms with E-state index in [2.05, 4.69) is 4.72 Å². The first-order chi connectivity index (χ1) is 10.4. The molecular formula is C15H16N2O4S. The molecule has 2 aromatic carbocycles. The van der Waals surface area contributed by atoms with Crippen LogP contribution in [-0.4, -0.2) is 25.5 Å². The third kappa shape index (κ3) is 4.06. The number of hydrogen-bond donors (Lipinski definition) is 3. The average Bonchev–Trinajstić information content (AvgIpc) is 2.47. The first kappa shape index (κ1) is 16.0. The van der Waals surface area contributed by atoms with E-state index >= 15 is 0 Å². The minimum Gasteiger partial charge on any atom is -0.480 e. The largest absolute Gasteiger partial charge is 0.480 e. The van der Waals surface area contributed by atoms with Crippen LogP contribution in [-0.2, 0) is 21.2 Å². The number of carboxylic acid groups (broad SMARTS) is 1. The summed E-state index contributed by atoms with van der Waals surface area (Å²) in [4.78, 5) is 11.3. The fourth-order valence-corrected chi connectivity index (χ4v) is 3.21. The molecule has 116 valence electrons. The number of benzene rings is 2. The van der Waals surface area contributed by atoms with Crippen LogP contribution < -0.4 is 10.5 Å². The molecule has 2 rings (SSSR count). The molecule has 0 radical (unpaired) electrons. The topological polar surface area (TPSA) is 109 Å². The molecule has 0 spiro atoms. The van der Waals surface area contributed by atoms with Crippen molar-refractivity contribution in [1.29, 1.82) is 0 Å². The number of nitrogens with two attached hydrogens (primary N) is 1. The molecule has 0 bridgehead atoms. The zero-order valence-corrected chi connectivity index (χ0v) is 12.5. The predicted molar refractivity (Wildman–Crippen MR) is 82.7 cm³/mol. The molecule has 0 saturated carbocycles. The maximum atomic E-state index is 12.3.